The zero-order valence-corrected chi connectivity index (χ0v) is 39.1. The lowest BCUT2D eigenvalue weighted by molar-refractivity contribution is -0.0743. The second-order valence-corrected chi connectivity index (χ2v) is 17.6. The van der Waals surface area contributed by atoms with Crippen LogP contribution in [-0.2, 0) is 0 Å². The van der Waals surface area contributed by atoms with E-state index in [0.717, 1.165) is 32.4 Å². The number of aliphatic hydroxyl groups excluding tert-OH is 1. The molecule has 0 spiro atoms. The fourth-order valence-electron chi connectivity index (χ4n) is 8.15. The van der Waals surface area contributed by atoms with E-state index < -0.39 is 0 Å². The third-order valence-corrected chi connectivity index (χ3v) is 11.8. The van der Waals surface area contributed by atoms with Gasteiger partial charge in [0.05, 0.1) is 0 Å². The van der Waals surface area contributed by atoms with Crippen molar-refractivity contribution in [3.05, 3.63) is 48.6 Å². The maximum absolute atomic E-state index is 12.3. The molecule has 0 aliphatic carbocycles. The van der Waals surface area contributed by atoms with E-state index >= 15 is 0 Å². The van der Waals surface area contributed by atoms with Crippen LogP contribution in [0.2, 0.25) is 0 Å². The molecular formula is C53H102N2O. The quantitative estimate of drug-likeness (QED) is 0.0379. The van der Waals surface area contributed by atoms with Crippen molar-refractivity contribution in [3.8, 4) is 0 Å². The lowest BCUT2D eigenvalue weighted by atomic mass is 9.90. The molecule has 2 unspecified atom stereocenters. The first-order chi connectivity index (χ1) is 27.5. The van der Waals surface area contributed by atoms with Crippen molar-refractivity contribution in [1.29, 1.82) is 0 Å². The second kappa shape index (κ2) is 44.9. The number of hydrogen-bond acceptors (Lipinski definition) is 3. The van der Waals surface area contributed by atoms with Crippen LogP contribution < -0.4 is 0 Å². The normalized spacial score (nSPS) is 13.8. The lowest BCUT2D eigenvalue weighted by Gasteiger charge is -2.40. The average molecular weight is 783 g/mol. The first kappa shape index (κ1) is 54.8. The van der Waals surface area contributed by atoms with E-state index in [4.69, 9.17) is 0 Å². The minimum atomic E-state index is -0.295. The van der Waals surface area contributed by atoms with E-state index in [1.54, 1.807) is 0 Å². The van der Waals surface area contributed by atoms with Crippen molar-refractivity contribution in [2.75, 3.05) is 27.2 Å². The van der Waals surface area contributed by atoms with Gasteiger partial charge in [-0.2, -0.15) is 0 Å². The van der Waals surface area contributed by atoms with Crippen LogP contribution in [0.15, 0.2) is 48.6 Å². The Morgan fingerprint density at radius 3 is 1.16 bits per heavy atom. The van der Waals surface area contributed by atoms with Crippen LogP contribution in [0.4, 0.5) is 0 Å². The molecule has 0 aromatic carbocycles. The number of aliphatic hydroxyl groups is 1. The van der Waals surface area contributed by atoms with Gasteiger partial charge in [-0.15, -0.1) is 0 Å². The van der Waals surface area contributed by atoms with E-state index in [1.807, 2.05) is 0 Å². The highest BCUT2D eigenvalue weighted by Gasteiger charge is 2.30. The van der Waals surface area contributed by atoms with Crippen LogP contribution in [0, 0.1) is 5.92 Å². The molecule has 0 rings (SSSR count). The number of allylic oxidation sites excluding steroid dienone is 8. The Hall–Kier alpha value is -1.16. The smallest absolute Gasteiger partial charge is 0.110 e. The molecule has 3 heteroatoms. The summed E-state index contributed by atoms with van der Waals surface area (Å²) in [6, 6.07) is 0.521. The Kier molecular flexibility index (Phi) is 44.0. The van der Waals surface area contributed by atoms with Crippen LogP contribution in [0.25, 0.3) is 0 Å². The van der Waals surface area contributed by atoms with Crippen molar-refractivity contribution in [1.82, 2.24) is 9.80 Å². The van der Waals surface area contributed by atoms with Gasteiger partial charge in [-0.3, -0.25) is 4.90 Å². The van der Waals surface area contributed by atoms with Gasteiger partial charge in [-0.05, 0) is 123 Å². The van der Waals surface area contributed by atoms with Crippen LogP contribution in [0.1, 0.15) is 246 Å². The Morgan fingerprint density at radius 1 is 0.375 bits per heavy atom. The van der Waals surface area contributed by atoms with E-state index in [-0.39, 0.29) is 6.23 Å². The largest absolute Gasteiger partial charge is 0.378 e. The zero-order valence-electron chi connectivity index (χ0n) is 39.1. The fraction of sp³-hybridized carbons (Fsp3) is 0.849. The fourth-order valence-corrected chi connectivity index (χ4v) is 8.15. The first-order valence-corrected chi connectivity index (χ1v) is 25.2. The predicted molar refractivity (Wildman–Crippen MR) is 255 cm³/mol. The number of unbranched alkanes of at least 4 members (excludes halogenated alkanes) is 21. The Balaban J connectivity index is 4.99. The predicted octanol–water partition coefficient (Wildman–Crippen LogP) is 16.7. The summed E-state index contributed by atoms with van der Waals surface area (Å²) in [5.74, 6) is 0.404. The molecule has 0 saturated carbocycles. The molecule has 0 aliphatic heterocycles. The summed E-state index contributed by atoms with van der Waals surface area (Å²) in [6.45, 7) is 11.3. The molecule has 0 aliphatic rings. The molecule has 0 bridgehead atoms. The third-order valence-electron chi connectivity index (χ3n) is 11.8. The molecule has 0 amide bonds. The molecule has 0 heterocycles. The Bertz CT molecular complexity index is 827. The van der Waals surface area contributed by atoms with Crippen LogP contribution in [0.3, 0.4) is 0 Å². The minimum Gasteiger partial charge on any atom is -0.378 e. The van der Waals surface area contributed by atoms with Crippen molar-refractivity contribution in [2.45, 2.75) is 258 Å². The summed E-state index contributed by atoms with van der Waals surface area (Å²) in [4.78, 5) is 4.93. The minimum absolute atomic E-state index is 0.295. The van der Waals surface area contributed by atoms with Crippen molar-refractivity contribution < 1.29 is 5.11 Å². The van der Waals surface area contributed by atoms with Crippen molar-refractivity contribution >= 4 is 0 Å². The molecule has 2 atom stereocenters. The van der Waals surface area contributed by atoms with E-state index in [0.29, 0.717) is 12.0 Å². The molecule has 56 heavy (non-hydrogen) atoms. The molecule has 0 aromatic heterocycles. The molecule has 0 saturated heterocycles. The molecule has 0 radical (unpaired) electrons. The lowest BCUT2D eigenvalue weighted by Crippen LogP contribution is -2.48. The van der Waals surface area contributed by atoms with Gasteiger partial charge in [0.1, 0.15) is 6.23 Å². The maximum Gasteiger partial charge on any atom is 0.110 e. The second-order valence-electron chi connectivity index (χ2n) is 17.6. The molecule has 0 fully saturated rings. The summed E-state index contributed by atoms with van der Waals surface area (Å²) < 4.78 is 0. The third kappa shape index (κ3) is 37.1. The van der Waals surface area contributed by atoms with Gasteiger partial charge in [-0.25, -0.2) is 0 Å². The maximum atomic E-state index is 12.3. The van der Waals surface area contributed by atoms with Gasteiger partial charge < -0.3 is 10.0 Å². The van der Waals surface area contributed by atoms with Crippen molar-refractivity contribution in [3.63, 3.8) is 0 Å². The number of rotatable bonds is 44. The number of hydrogen-bond donors (Lipinski definition) is 1. The molecular weight excluding hydrogens is 681 g/mol. The highest BCUT2D eigenvalue weighted by Crippen LogP contribution is 2.29. The van der Waals surface area contributed by atoms with Gasteiger partial charge >= 0.3 is 0 Å². The van der Waals surface area contributed by atoms with Crippen molar-refractivity contribution in [2.24, 2.45) is 5.92 Å². The van der Waals surface area contributed by atoms with Crippen LogP contribution >= 0.6 is 0 Å². The van der Waals surface area contributed by atoms with Gasteiger partial charge in [0.25, 0.3) is 0 Å². The van der Waals surface area contributed by atoms with Crippen LogP contribution in [0.5, 0.6) is 0 Å². The van der Waals surface area contributed by atoms with Gasteiger partial charge in [0, 0.05) is 12.6 Å². The average Bonchev–Trinajstić information content (AvgIpc) is 3.19. The SMILES string of the molecule is CCCCC/C=C\C/C=C\CCCCCCCCC(CCCCCCCC/C=C\C/C=C\CCCCC)C(O)N(CCCN(C)C)C(CCCC)CCCCC. The summed E-state index contributed by atoms with van der Waals surface area (Å²) >= 11 is 0. The standard InChI is InChI=1S/C53H102N2O/c1-7-11-15-17-19-21-23-25-27-29-31-33-35-37-39-42-45-51(46-43-40-38-36-34-32-30-28-26-24-22-20-18-16-12-8-2)53(56)55(50-44-49-54(5)6)52(47-14-10-4)48-41-13-9-3/h19-22,25-28,51-53,56H,7-18,23-24,29-50H2,1-6H3/b21-19-,22-20-,27-25-,28-26-. The summed E-state index contributed by atoms with van der Waals surface area (Å²) in [5.41, 5.74) is 0. The number of nitrogens with zero attached hydrogens (tertiary/aromatic N) is 2. The van der Waals surface area contributed by atoms with E-state index in [1.165, 1.54) is 199 Å². The molecule has 3 nitrogen and oxygen atoms in total. The Labute approximate surface area is 353 Å². The monoisotopic (exact) mass is 783 g/mol. The highest BCUT2D eigenvalue weighted by molar-refractivity contribution is 4.93. The first-order valence-electron chi connectivity index (χ1n) is 25.2. The Morgan fingerprint density at radius 2 is 0.732 bits per heavy atom. The highest BCUT2D eigenvalue weighted by atomic mass is 16.3. The summed E-state index contributed by atoms with van der Waals surface area (Å²) in [6.07, 6.45) is 62.1. The molecule has 1 N–H and O–H groups in total. The summed E-state index contributed by atoms with van der Waals surface area (Å²) in [5, 5.41) is 12.3. The van der Waals surface area contributed by atoms with E-state index in [9.17, 15) is 5.11 Å². The van der Waals surface area contributed by atoms with E-state index in [2.05, 4.69) is 100 Å². The topological polar surface area (TPSA) is 26.7 Å². The van der Waals surface area contributed by atoms with Gasteiger partial charge in [0.2, 0.25) is 0 Å². The summed E-state index contributed by atoms with van der Waals surface area (Å²) in [7, 11) is 4.38. The van der Waals surface area contributed by atoms with Gasteiger partial charge in [0.15, 0.2) is 0 Å². The molecule has 330 valence electrons. The zero-order chi connectivity index (χ0) is 41.0. The van der Waals surface area contributed by atoms with Crippen LogP contribution in [-0.4, -0.2) is 54.4 Å². The molecule has 0 aromatic rings. The van der Waals surface area contributed by atoms with Gasteiger partial charge in [-0.1, -0.05) is 198 Å².